The highest BCUT2D eigenvalue weighted by Crippen LogP contribution is 2.09. The molecule has 1 heterocycles. The van der Waals surface area contributed by atoms with Crippen LogP contribution in [0.5, 0.6) is 0 Å². The predicted molar refractivity (Wildman–Crippen MR) is 68.8 cm³/mol. The van der Waals surface area contributed by atoms with Gasteiger partial charge in [-0.15, -0.1) is 0 Å². The molecule has 0 aromatic carbocycles. The van der Waals surface area contributed by atoms with E-state index in [-0.39, 0.29) is 0 Å². The molecule has 0 aromatic rings. The SMILES string of the molecule is COCCC(C)NC(C)CN1CCCCC1. The fourth-order valence-electron chi connectivity index (χ4n) is 2.45. The molecule has 1 rings (SSSR count). The molecule has 0 aliphatic carbocycles. The van der Waals surface area contributed by atoms with Gasteiger partial charge < -0.3 is 15.0 Å². The molecule has 3 heteroatoms. The molecule has 1 N–H and O–H groups in total. The van der Waals surface area contributed by atoms with Crippen LogP contribution in [0.3, 0.4) is 0 Å². The molecule has 1 aliphatic rings. The van der Waals surface area contributed by atoms with E-state index in [0.717, 1.165) is 13.0 Å². The Hall–Kier alpha value is -0.120. The lowest BCUT2D eigenvalue weighted by Gasteiger charge is -2.30. The summed E-state index contributed by atoms with van der Waals surface area (Å²) in [6, 6.07) is 1.14. The van der Waals surface area contributed by atoms with Crippen molar-refractivity contribution in [3.63, 3.8) is 0 Å². The van der Waals surface area contributed by atoms with E-state index in [4.69, 9.17) is 4.74 Å². The van der Waals surface area contributed by atoms with Gasteiger partial charge in [-0.05, 0) is 46.2 Å². The Bertz CT molecular complexity index is 169. The zero-order chi connectivity index (χ0) is 11.8. The summed E-state index contributed by atoms with van der Waals surface area (Å²) < 4.78 is 5.09. The number of methoxy groups -OCH3 is 1. The molecule has 0 saturated carbocycles. The summed E-state index contributed by atoms with van der Waals surface area (Å²) in [5.41, 5.74) is 0. The van der Waals surface area contributed by atoms with Crippen LogP contribution in [0.15, 0.2) is 0 Å². The minimum atomic E-state index is 0.555. The van der Waals surface area contributed by atoms with Crippen LogP contribution in [0.1, 0.15) is 39.5 Å². The van der Waals surface area contributed by atoms with Crippen LogP contribution >= 0.6 is 0 Å². The van der Waals surface area contributed by atoms with E-state index < -0.39 is 0 Å². The Morgan fingerprint density at radius 2 is 1.81 bits per heavy atom. The summed E-state index contributed by atoms with van der Waals surface area (Å²) in [6.07, 6.45) is 5.28. The minimum Gasteiger partial charge on any atom is -0.385 e. The Labute approximate surface area is 101 Å². The first-order chi connectivity index (χ1) is 7.72. The number of hydrogen-bond donors (Lipinski definition) is 1. The maximum atomic E-state index is 5.09. The molecule has 3 nitrogen and oxygen atoms in total. The van der Waals surface area contributed by atoms with Crippen molar-refractivity contribution in [2.24, 2.45) is 0 Å². The Morgan fingerprint density at radius 1 is 1.12 bits per heavy atom. The zero-order valence-corrected chi connectivity index (χ0v) is 11.2. The van der Waals surface area contributed by atoms with Gasteiger partial charge in [-0.3, -0.25) is 0 Å². The highest BCUT2D eigenvalue weighted by molar-refractivity contribution is 4.73. The van der Waals surface area contributed by atoms with Crippen LogP contribution in [0.25, 0.3) is 0 Å². The number of nitrogens with zero attached hydrogens (tertiary/aromatic N) is 1. The number of hydrogen-bond acceptors (Lipinski definition) is 3. The van der Waals surface area contributed by atoms with Gasteiger partial charge in [0.05, 0.1) is 0 Å². The van der Waals surface area contributed by atoms with Crippen molar-refractivity contribution < 1.29 is 4.74 Å². The zero-order valence-electron chi connectivity index (χ0n) is 11.2. The standard InChI is InChI=1S/C13H28N2O/c1-12(7-10-16-3)14-13(2)11-15-8-5-4-6-9-15/h12-14H,4-11H2,1-3H3. The Balaban J connectivity index is 2.11. The predicted octanol–water partition coefficient (Wildman–Crippen LogP) is 1.88. The molecule has 0 spiro atoms. The monoisotopic (exact) mass is 228 g/mol. The normalized spacial score (nSPS) is 21.9. The molecule has 0 amide bonds. The molecule has 0 radical (unpaired) electrons. The van der Waals surface area contributed by atoms with Crippen molar-refractivity contribution in [2.75, 3.05) is 33.4 Å². The lowest BCUT2D eigenvalue weighted by atomic mass is 10.1. The van der Waals surface area contributed by atoms with E-state index in [1.807, 2.05) is 0 Å². The molecular formula is C13H28N2O. The van der Waals surface area contributed by atoms with Gasteiger partial charge in [0.25, 0.3) is 0 Å². The second-order valence-corrected chi connectivity index (χ2v) is 5.11. The van der Waals surface area contributed by atoms with Crippen molar-refractivity contribution in [1.29, 1.82) is 0 Å². The van der Waals surface area contributed by atoms with Gasteiger partial charge >= 0.3 is 0 Å². The molecule has 2 unspecified atom stereocenters. The third-order valence-electron chi connectivity index (χ3n) is 3.30. The molecule has 2 atom stereocenters. The van der Waals surface area contributed by atoms with Crippen molar-refractivity contribution in [2.45, 2.75) is 51.6 Å². The molecule has 96 valence electrons. The number of piperidine rings is 1. The Kier molecular flexibility index (Phi) is 7.01. The van der Waals surface area contributed by atoms with Gasteiger partial charge in [-0.1, -0.05) is 6.42 Å². The Morgan fingerprint density at radius 3 is 2.44 bits per heavy atom. The van der Waals surface area contributed by atoms with E-state index in [2.05, 4.69) is 24.1 Å². The first-order valence-corrected chi connectivity index (χ1v) is 6.69. The van der Waals surface area contributed by atoms with E-state index in [1.54, 1.807) is 7.11 Å². The van der Waals surface area contributed by atoms with Crippen LogP contribution < -0.4 is 5.32 Å². The van der Waals surface area contributed by atoms with Gasteiger partial charge in [0.15, 0.2) is 0 Å². The van der Waals surface area contributed by atoms with Crippen molar-refractivity contribution in [3.05, 3.63) is 0 Å². The van der Waals surface area contributed by atoms with Crippen LogP contribution in [0.4, 0.5) is 0 Å². The topological polar surface area (TPSA) is 24.5 Å². The summed E-state index contributed by atoms with van der Waals surface area (Å²) in [6.45, 7) is 9.16. The summed E-state index contributed by atoms with van der Waals surface area (Å²) in [4.78, 5) is 2.59. The molecule has 0 bridgehead atoms. The first kappa shape index (κ1) is 13.9. The van der Waals surface area contributed by atoms with Gasteiger partial charge in [-0.2, -0.15) is 0 Å². The van der Waals surface area contributed by atoms with Crippen molar-refractivity contribution in [1.82, 2.24) is 10.2 Å². The van der Waals surface area contributed by atoms with Crippen molar-refractivity contribution >= 4 is 0 Å². The lowest BCUT2D eigenvalue weighted by molar-refractivity contribution is 0.174. The van der Waals surface area contributed by atoms with E-state index in [1.165, 1.54) is 38.9 Å². The van der Waals surface area contributed by atoms with Gasteiger partial charge in [-0.25, -0.2) is 0 Å². The van der Waals surface area contributed by atoms with Crippen LogP contribution in [-0.2, 0) is 4.74 Å². The maximum Gasteiger partial charge on any atom is 0.0476 e. The summed E-state index contributed by atoms with van der Waals surface area (Å²) >= 11 is 0. The average molecular weight is 228 g/mol. The van der Waals surface area contributed by atoms with Crippen LogP contribution in [-0.4, -0.2) is 50.3 Å². The second-order valence-electron chi connectivity index (χ2n) is 5.11. The fraction of sp³-hybridized carbons (Fsp3) is 1.00. The number of likely N-dealkylation sites (tertiary alicyclic amines) is 1. The summed E-state index contributed by atoms with van der Waals surface area (Å²) in [5, 5.41) is 3.64. The van der Waals surface area contributed by atoms with Crippen LogP contribution in [0, 0.1) is 0 Å². The minimum absolute atomic E-state index is 0.555. The number of rotatable bonds is 7. The van der Waals surface area contributed by atoms with E-state index >= 15 is 0 Å². The average Bonchev–Trinajstić information content (AvgIpc) is 2.27. The summed E-state index contributed by atoms with van der Waals surface area (Å²) in [7, 11) is 1.77. The van der Waals surface area contributed by atoms with Crippen molar-refractivity contribution in [3.8, 4) is 0 Å². The van der Waals surface area contributed by atoms with Gasteiger partial charge in [0.2, 0.25) is 0 Å². The lowest BCUT2D eigenvalue weighted by Crippen LogP contribution is -2.44. The molecule has 1 saturated heterocycles. The third kappa shape index (κ3) is 5.83. The largest absolute Gasteiger partial charge is 0.385 e. The van der Waals surface area contributed by atoms with Gasteiger partial charge in [0, 0.05) is 32.3 Å². The third-order valence-corrected chi connectivity index (χ3v) is 3.30. The van der Waals surface area contributed by atoms with E-state index in [9.17, 15) is 0 Å². The second kappa shape index (κ2) is 8.04. The first-order valence-electron chi connectivity index (χ1n) is 6.69. The maximum absolute atomic E-state index is 5.09. The highest BCUT2D eigenvalue weighted by atomic mass is 16.5. The summed E-state index contributed by atoms with van der Waals surface area (Å²) in [5.74, 6) is 0. The number of nitrogens with one attached hydrogen (secondary N) is 1. The smallest absolute Gasteiger partial charge is 0.0476 e. The quantitative estimate of drug-likeness (QED) is 0.720. The fourth-order valence-corrected chi connectivity index (χ4v) is 2.45. The van der Waals surface area contributed by atoms with Crippen LogP contribution in [0.2, 0.25) is 0 Å². The molecule has 1 fully saturated rings. The molecular weight excluding hydrogens is 200 g/mol. The molecule has 16 heavy (non-hydrogen) atoms. The van der Waals surface area contributed by atoms with Gasteiger partial charge in [0.1, 0.15) is 0 Å². The highest BCUT2D eigenvalue weighted by Gasteiger charge is 2.14. The molecule has 0 aromatic heterocycles. The van der Waals surface area contributed by atoms with E-state index in [0.29, 0.717) is 12.1 Å². The molecule has 1 aliphatic heterocycles. The number of ether oxygens (including phenoxy) is 1.